The number of benzene rings is 3. The van der Waals surface area contributed by atoms with Crippen molar-refractivity contribution < 1.29 is 14.3 Å². The summed E-state index contributed by atoms with van der Waals surface area (Å²) >= 11 is 1.56. The van der Waals surface area contributed by atoms with E-state index in [0.29, 0.717) is 31.0 Å². The Balaban J connectivity index is 1.80. The summed E-state index contributed by atoms with van der Waals surface area (Å²) in [6.45, 7) is 5.04. The number of rotatable bonds is 13. The van der Waals surface area contributed by atoms with Gasteiger partial charge in [0, 0.05) is 25.3 Å². The van der Waals surface area contributed by atoms with Crippen molar-refractivity contribution in [1.29, 1.82) is 0 Å². The second-order valence-corrected chi connectivity index (χ2v) is 9.83. The van der Waals surface area contributed by atoms with Gasteiger partial charge in [-0.2, -0.15) is 0 Å². The summed E-state index contributed by atoms with van der Waals surface area (Å²) in [7, 11) is 1.65. The minimum atomic E-state index is -0.589. The van der Waals surface area contributed by atoms with Crippen LogP contribution in [0.3, 0.4) is 0 Å². The lowest BCUT2D eigenvalue weighted by Gasteiger charge is -2.31. The molecule has 3 aromatic carbocycles. The minimum Gasteiger partial charge on any atom is -0.497 e. The van der Waals surface area contributed by atoms with Gasteiger partial charge >= 0.3 is 0 Å². The standard InChI is InChI=1S/C30H36N2O3S/c1-4-18-31-30(34)28(19-24-8-6-5-7-9-24)32(20-25-12-10-23(2)11-13-25)29(33)22-36-21-26-14-16-27(35-3)17-15-26/h5-17,28H,4,18-22H2,1-3H3,(H,31,34)/t28-/m1/s1. The van der Waals surface area contributed by atoms with Crippen molar-refractivity contribution in [2.24, 2.45) is 0 Å². The monoisotopic (exact) mass is 504 g/mol. The zero-order valence-electron chi connectivity index (χ0n) is 21.4. The Kier molecular flexibility index (Phi) is 10.9. The van der Waals surface area contributed by atoms with Crippen LogP contribution >= 0.6 is 11.8 Å². The molecule has 190 valence electrons. The Morgan fingerprint density at radius 2 is 1.58 bits per heavy atom. The van der Waals surface area contributed by atoms with Gasteiger partial charge in [-0.1, -0.05) is 79.2 Å². The molecule has 0 aliphatic rings. The quantitative estimate of drug-likeness (QED) is 0.338. The zero-order valence-corrected chi connectivity index (χ0v) is 22.2. The number of methoxy groups -OCH3 is 1. The van der Waals surface area contributed by atoms with E-state index in [1.165, 1.54) is 0 Å². The molecule has 3 aromatic rings. The smallest absolute Gasteiger partial charge is 0.243 e. The average molecular weight is 505 g/mol. The lowest BCUT2D eigenvalue weighted by atomic mass is 10.0. The third kappa shape index (κ3) is 8.45. The van der Waals surface area contributed by atoms with Crippen LogP contribution in [0.2, 0.25) is 0 Å². The van der Waals surface area contributed by atoms with Crippen LogP contribution in [0.25, 0.3) is 0 Å². The number of nitrogens with zero attached hydrogens (tertiary/aromatic N) is 1. The van der Waals surface area contributed by atoms with E-state index in [9.17, 15) is 9.59 Å². The highest BCUT2D eigenvalue weighted by molar-refractivity contribution is 7.99. The fourth-order valence-corrected chi connectivity index (χ4v) is 4.74. The first kappa shape index (κ1) is 27.3. The molecule has 0 bridgehead atoms. The molecular formula is C30H36N2O3S. The molecule has 0 aliphatic carbocycles. The van der Waals surface area contributed by atoms with Gasteiger partial charge in [0.25, 0.3) is 0 Å². The van der Waals surface area contributed by atoms with Crippen molar-refractivity contribution >= 4 is 23.6 Å². The van der Waals surface area contributed by atoms with Crippen LogP contribution in [0.5, 0.6) is 5.75 Å². The third-order valence-electron chi connectivity index (χ3n) is 5.95. The number of carbonyl (C=O) groups excluding carboxylic acids is 2. The molecule has 2 amide bonds. The molecular weight excluding hydrogens is 468 g/mol. The first-order chi connectivity index (χ1) is 17.5. The van der Waals surface area contributed by atoms with Gasteiger partial charge < -0.3 is 15.0 Å². The van der Waals surface area contributed by atoms with Crippen LogP contribution in [0.4, 0.5) is 0 Å². The summed E-state index contributed by atoms with van der Waals surface area (Å²) in [5.41, 5.74) is 4.32. The highest BCUT2D eigenvalue weighted by atomic mass is 32.2. The van der Waals surface area contributed by atoms with Crippen LogP contribution in [-0.4, -0.2) is 42.2 Å². The summed E-state index contributed by atoms with van der Waals surface area (Å²) < 4.78 is 5.23. The van der Waals surface area contributed by atoms with E-state index in [-0.39, 0.29) is 11.8 Å². The minimum absolute atomic E-state index is 0.0401. The summed E-state index contributed by atoms with van der Waals surface area (Å²) in [5.74, 6) is 1.66. The molecule has 1 N–H and O–H groups in total. The van der Waals surface area contributed by atoms with E-state index >= 15 is 0 Å². The van der Waals surface area contributed by atoms with Crippen molar-refractivity contribution in [3.05, 3.63) is 101 Å². The van der Waals surface area contributed by atoms with Gasteiger partial charge in [0.05, 0.1) is 12.9 Å². The first-order valence-corrected chi connectivity index (χ1v) is 13.5. The lowest BCUT2D eigenvalue weighted by molar-refractivity contribution is -0.139. The number of carbonyl (C=O) groups is 2. The highest BCUT2D eigenvalue weighted by Gasteiger charge is 2.30. The summed E-state index contributed by atoms with van der Waals surface area (Å²) in [4.78, 5) is 28.7. The zero-order chi connectivity index (χ0) is 25.8. The van der Waals surface area contributed by atoms with Crippen LogP contribution in [0.1, 0.15) is 35.6 Å². The van der Waals surface area contributed by atoms with Gasteiger partial charge in [-0.25, -0.2) is 0 Å². The Labute approximate surface area is 219 Å². The lowest BCUT2D eigenvalue weighted by Crippen LogP contribution is -2.51. The number of amides is 2. The third-order valence-corrected chi connectivity index (χ3v) is 6.94. The van der Waals surface area contributed by atoms with Gasteiger partial charge in [0.1, 0.15) is 11.8 Å². The largest absolute Gasteiger partial charge is 0.497 e. The van der Waals surface area contributed by atoms with Crippen LogP contribution in [0, 0.1) is 6.92 Å². The number of hydrogen-bond acceptors (Lipinski definition) is 4. The van der Waals surface area contributed by atoms with Crippen LogP contribution < -0.4 is 10.1 Å². The molecule has 1 atom stereocenters. The Hall–Kier alpha value is -3.25. The molecule has 36 heavy (non-hydrogen) atoms. The number of ether oxygens (including phenoxy) is 1. The summed E-state index contributed by atoms with van der Waals surface area (Å²) in [6.07, 6.45) is 1.31. The van der Waals surface area contributed by atoms with E-state index in [0.717, 1.165) is 34.4 Å². The second kappa shape index (κ2) is 14.3. The maximum absolute atomic E-state index is 13.6. The number of aryl methyl sites for hydroxylation is 1. The maximum Gasteiger partial charge on any atom is 0.243 e. The molecule has 6 heteroatoms. The Morgan fingerprint density at radius 1 is 0.917 bits per heavy atom. The van der Waals surface area contributed by atoms with Crippen molar-refractivity contribution in [2.45, 2.75) is 45.0 Å². The SMILES string of the molecule is CCCNC(=O)[C@@H](Cc1ccccc1)N(Cc1ccc(C)cc1)C(=O)CSCc1ccc(OC)cc1. The molecule has 3 rings (SSSR count). The molecule has 0 unspecified atom stereocenters. The fraction of sp³-hybridized carbons (Fsp3) is 0.333. The molecule has 0 spiro atoms. The Bertz CT molecular complexity index is 1090. The number of nitrogens with one attached hydrogen (secondary N) is 1. The predicted octanol–water partition coefficient (Wildman–Crippen LogP) is 5.40. The van der Waals surface area contributed by atoms with Gasteiger partial charge in [-0.3, -0.25) is 9.59 Å². The van der Waals surface area contributed by atoms with Crippen LogP contribution in [0.15, 0.2) is 78.9 Å². The van der Waals surface area contributed by atoms with E-state index in [2.05, 4.69) is 5.32 Å². The predicted molar refractivity (Wildman–Crippen MR) is 148 cm³/mol. The molecule has 0 aromatic heterocycles. The molecule has 0 radical (unpaired) electrons. The molecule has 0 saturated heterocycles. The molecule has 5 nitrogen and oxygen atoms in total. The maximum atomic E-state index is 13.6. The van der Waals surface area contributed by atoms with Crippen molar-refractivity contribution in [3.63, 3.8) is 0 Å². The van der Waals surface area contributed by atoms with E-state index in [4.69, 9.17) is 4.74 Å². The van der Waals surface area contributed by atoms with Crippen molar-refractivity contribution in [2.75, 3.05) is 19.4 Å². The van der Waals surface area contributed by atoms with Crippen molar-refractivity contribution in [1.82, 2.24) is 10.2 Å². The van der Waals surface area contributed by atoms with Gasteiger partial charge in [-0.15, -0.1) is 11.8 Å². The fourth-order valence-electron chi connectivity index (χ4n) is 3.87. The molecule has 0 saturated carbocycles. The summed E-state index contributed by atoms with van der Waals surface area (Å²) in [6, 6.07) is 25.3. The van der Waals surface area contributed by atoms with E-state index in [1.54, 1.807) is 23.8 Å². The average Bonchev–Trinajstić information content (AvgIpc) is 2.91. The molecule has 0 fully saturated rings. The summed E-state index contributed by atoms with van der Waals surface area (Å²) in [5, 5.41) is 3.02. The van der Waals surface area contributed by atoms with Gasteiger partial charge in [0.15, 0.2) is 0 Å². The Morgan fingerprint density at radius 3 is 2.22 bits per heavy atom. The number of thioether (sulfide) groups is 1. The first-order valence-electron chi connectivity index (χ1n) is 12.4. The second-order valence-electron chi connectivity index (χ2n) is 8.84. The molecule has 0 aliphatic heterocycles. The topological polar surface area (TPSA) is 58.6 Å². The number of hydrogen-bond donors (Lipinski definition) is 1. The van der Waals surface area contributed by atoms with Crippen LogP contribution in [-0.2, 0) is 28.3 Å². The van der Waals surface area contributed by atoms with E-state index in [1.807, 2.05) is 92.7 Å². The molecule has 0 heterocycles. The van der Waals surface area contributed by atoms with Gasteiger partial charge in [-0.05, 0) is 42.2 Å². The van der Waals surface area contributed by atoms with Crippen molar-refractivity contribution in [3.8, 4) is 5.75 Å². The van der Waals surface area contributed by atoms with Gasteiger partial charge in [0.2, 0.25) is 11.8 Å². The normalized spacial score (nSPS) is 11.5. The van der Waals surface area contributed by atoms with E-state index < -0.39 is 6.04 Å². The highest BCUT2D eigenvalue weighted by Crippen LogP contribution is 2.20.